The standard InChI is InChI=1S/C12H17BrN2O/c13-11-4-1-5-12(10(11)7-14)15-6-2-3-9(16)8-15/h1,4-5,9,16H,2-3,6-8,14H2. The van der Waals surface area contributed by atoms with Crippen LogP contribution in [-0.2, 0) is 6.54 Å². The Morgan fingerprint density at radius 2 is 2.31 bits per heavy atom. The molecule has 1 saturated heterocycles. The molecule has 0 spiro atoms. The first-order valence-electron chi connectivity index (χ1n) is 5.63. The Morgan fingerprint density at radius 1 is 1.50 bits per heavy atom. The van der Waals surface area contributed by atoms with Gasteiger partial charge in [-0.1, -0.05) is 22.0 Å². The largest absolute Gasteiger partial charge is 0.391 e. The summed E-state index contributed by atoms with van der Waals surface area (Å²) in [5.41, 5.74) is 8.04. The van der Waals surface area contributed by atoms with Crippen molar-refractivity contribution in [1.82, 2.24) is 0 Å². The second kappa shape index (κ2) is 5.17. The fourth-order valence-corrected chi connectivity index (χ4v) is 2.74. The Kier molecular flexibility index (Phi) is 3.84. The lowest BCUT2D eigenvalue weighted by Gasteiger charge is -2.33. The van der Waals surface area contributed by atoms with Gasteiger partial charge in [0.1, 0.15) is 0 Å². The number of anilines is 1. The first-order chi connectivity index (χ1) is 7.72. The Hall–Kier alpha value is -0.580. The number of hydrogen-bond acceptors (Lipinski definition) is 3. The Balaban J connectivity index is 2.28. The van der Waals surface area contributed by atoms with Crippen molar-refractivity contribution in [1.29, 1.82) is 0 Å². The van der Waals surface area contributed by atoms with E-state index in [2.05, 4.69) is 26.9 Å². The van der Waals surface area contributed by atoms with Crippen LogP contribution in [0.2, 0.25) is 0 Å². The molecular formula is C12H17BrN2O. The minimum atomic E-state index is -0.210. The monoisotopic (exact) mass is 284 g/mol. The van der Waals surface area contributed by atoms with Crippen molar-refractivity contribution in [2.45, 2.75) is 25.5 Å². The molecule has 1 atom stereocenters. The molecule has 4 heteroatoms. The lowest BCUT2D eigenvalue weighted by atomic mass is 10.1. The highest BCUT2D eigenvalue weighted by Gasteiger charge is 2.20. The van der Waals surface area contributed by atoms with Crippen molar-refractivity contribution in [3.8, 4) is 0 Å². The zero-order valence-corrected chi connectivity index (χ0v) is 10.8. The number of aliphatic hydroxyl groups is 1. The average Bonchev–Trinajstić information content (AvgIpc) is 2.28. The normalized spacial score (nSPS) is 21.2. The van der Waals surface area contributed by atoms with Crippen LogP contribution >= 0.6 is 15.9 Å². The molecule has 1 unspecified atom stereocenters. The van der Waals surface area contributed by atoms with Crippen molar-refractivity contribution in [3.63, 3.8) is 0 Å². The van der Waals surface area contributed by atoms with E-state index in [0.717, 1.165) is 35.1 Å². The summed E-state index contributed by atoms with van der Waals surface area (Å²) in [6, 6.07) is 6.09. The molecule has 1 aromatic carbocycles. The van der Waals surface area contributed by atoms with Crippen LogP contribution in [0.5, 0.6) is 0 Å². The van der Waals surface area contributed by atoms with Gasteiger partial charge in [-0.15, -0.1) is 0 Å². The molecule has 3 N–H and O–H groups in total. The molecule has 0 saturated carbocycles. The van der Waals surface area contributed by atoms with Gasteiger partial charge in [0.15, 0.2) is 0 Å². The van der Waals surface area contributed by atoms with E-state index in [4.69, 9.17) is 5.73 Å². The lowest BCUT2D eigenvalue weighted by molar-refractivity contribution is 0.154. The van der Waals surface area contributed by atoms with Crippen LogP contribution in [0, 0.1) is 0 Å². The zero-order valence-electron chi connectivity index (χ0n) is 9.19. The molecule has 1 aliphatic rings. The van der Waals surface area contributed by atoms with Gasteiger partial charge in [0.25, 0.3) is 0 Å². The molecule has 0 radical (unpaired) electrons. The number of rotatable bonds is 2. The summed E-state index contributed by atoms with van der Waals surface area (Å²) in [5.74, 6) is 0. The highest BCUT2D eigenvalue weighted by atomic mass is 79.9. The quantitative estimate of drug-likeness (QED) is 0.872. The molecule has 0 amide bonds. The van der Waals surface area contributed by atoms with Gasteiger partial charge in [-0.3, -0.25) is 0 Å². The number of aliphatic hydroxyl groups excluding tert-OH is 1. The molecule has 1 aromatic rings. The van der Waals surface area contributed by atoms with Gasteiger partial charge < -0.3 is 15.7 Å². The van der Waals surface area contributed by atoms with Gasteiger partial charge in [0.05, 0.1) is 6.10 Å². The molecule has 16 heavy (non-hydrogen) atoms. The number of nitrogens with zero attached hydrogens (tertiary/aromatic N) is 1. The van der Waals surface area contributed by atoms with E-state index in [1.807, 2.05) is 12.1 Å². The van der Waals surface area contributed by atoms with E-state index < -0.39 is 0 Å². The van der Waals surface area contributed by atoms with E-state index in [1.165, 1.54) is 0 Å². The van der Waals surface area contributed by atoms with Crippen LogP contribution in [0.15, 0.2) is 22.7 Å². The van der Waals surface area contributed by atoms with Crippen LogP contribution in [-0.4, -0.2) is 24.3 Å². The molecule has 2 rings (SSSR count). The molecule has 1 heterocycles. The predicted molar refractivity (Wildman–Crippen MR) is 69.5 cm³/mol. The molecule has 88 valence electrons. The Bertz CT molecular complexity index is 370. The zero-order chi connectivity index (χ0) is 11.5. The second-order valence-electron chi connectivity index (χ2n) is 4.18. The summed E-state index contributed by atoms with van der Waals surface area (Å²) in [5, 5.41) is 9.69. The number of β-amino-alcohol motifs (C(OH)–C–C–N with tert-alkyl or cyclic N) is 1. The molecule has 3 nitrogen and oxygen atoms in total. The van der Waals surface area contributed by atoms with Gasteiger partial charge in [-0.05, 0) is 25.0 Å². The van der Waals surface area contributed by atoms with Crippen LogP contribution in [0.3, 0.4) is 0 Å². The number of piperidine rings is 1. The van der Waals surface area contributed by atoms with Crippen molar-refractivity contribution in [2.75, 3.05) is 18.0 Å². The van der Waals surface area contributed by atoms with Crippen molar-refractivity contribution in [3.05, 3.63) is 28.2 Å². The highest BCUT2D eigenvalue weighted by molar-refractivity contribution is 9.10. The minimum Gasteiger partial charge on any atom is -0.391 e. The fraction of sp³-hybridized carbons (Fsp3) is 0.500. The molecule has 0 aliphatic carbocycles. The maximum absolute atomic E-state index is 9.69. The van der Waals surface area contributed by atoms with Crippen LogP contribution in [0.25, 0.3) is 0 Å². The summed E-state index contributed by atoms with van der Waals surface area (Å²) in [6.45, 7) is 2.23. The highest BCUT2D eigenvalue weighted by Crippen LogP contribution is 2.29. The van der Waals surface area contributed by atoms with E-state index in [1.54, 1.807) is 0 Å². The van der Waals surface area contributed by atoms with E-state index in [-0.39, 0.29) is 6.10 Å². The maximum Gasteiger partial charge on any atom is 0.0715 e. The average molecular weight is 285 g/mol. The van der Waals surface area contributed by atoms with E-state index in [9.17, 15) is 5.11 Å². The van der Waals surface area contributed by atoms with Crippen LogP contribution in [0.1, 0.15) is 18.4 Å². The van der Waals surface area contributed by atoms with E-state index in [0.29, 0.717) is 13.1 Å². The first-order valence-corrected chi connectivity index (χ1v) is 6.42. The summed E-state index contributed by atoms with van der Waals surface area (Å²) in [7, 11) is 0. The fourth-order valence-electron chi connectivity index (χ4n) is 2.22. The maximum atomic E-state index is 9.69. The minimum absolute atomic E-state index is 0.210. The van der Waals surface area contributed by atoms with Gasteiger partial charge >= 0.3 is 0 Å². The number of nitrogens with two attached hydrogens (primary N) is 1. The summed E-state index contributed by atoms with van der Waals surface area (Å²) in [4.78, 5) is 2.22. The smallest absolute Gasteiger partial charge is 0.0715 e. The molecular weight excluding hydrogens is 268 g/mol. The van der Waals surface area contributed by atoms with Gasteiger partial charge in [0, 0.05) is 35.4 Å². The van der Waals surface area contributed by atoms with Crippen molar-refractivity contribution < 1.29 is 5.11 Å². The third-order valence-electron chi connectivity index (χ3n) is 3.04. The first kappa shape index (κ1) is 11.9. The SMILES string of the molecule is NCc1c(Br)cccc1N1CCCC(O)C1. The van der Waals surface area contributed by atoms with Gasteiger partial charge in [-0.25, -0.2) is 0 Å². The van der Waals surface area contributed by atoms with Crippen molar-refractivity contribution >= 4 is 21.6 Å². The molecule has 0 aromatic heterocycles. The van der Waals surface area contributed by atoms with Crippen LogP contribution < -0.4 is 10.6 Å². The molecule has 1 fully saturated rings. The van der Waals surface area contributed by atoms with Gasteiger partial charge in [-0.2, -0.15) is 0 Å². The summed E-state index contributed by atoms with van der Waals surface area (Å²) in [6.07, 6.45) is 1.73. The van der Waals surface area contributed by atoms with Crippen molar-refractivity contribution in [2.24, 2.45) is 5.73 Å². The Labute approximate surface area is 104 Å². The predicted octanol–water partition coefficient (Wildman–Crippen LogP) is 1.87. The molecule has 1 aliphatic heterocycles. The van der Waals surface area contributed by atoms with Crippen LogP contribution in [0.4, 0.5) is 5.69 Å². The summed E-state index contributed by atoms with van der Waals surface area (Å²) >= 11 is 3.52. The number of hydrogen-bond donors (Lipinski definition) is 2. The third-order valence-corrected chi connectivity index (χ3v) is 3.78. The molecule has 0 bridgehead atoms. The lowest BCUT2D eigenvalue weighted by Crippen LogP contribution is -2.38. The Morgan fingerprint density at radius 3 is 3.00 bits per heavy atom. The van der Waals surface area contributed by atoms with Gasteiger partial charge in [0.2, 0.25) is 0 Å². The third kappa shape index (κ3) is 2.39. The summed E-state index contributed by atoms with van der Waals surface area (Å²) < 4.78 is 1.05. The topological polar surface area (TPSA) is 49.5 Å². The second-order valence-corrected chi connectivity index (χ2v) is 5.04. The van der Waals surface area contributed by atoms with E-state index >= 15 is 0 Å². The number of halogens is 1. The number of benzene rings is 1.